The van der Waals surface area contributed by atoms with Gasteiger partial charge in [-0.15, -0.1) is 0 Å². The summed E-state index contributed by atoms with van der Waals surface area (Å²) in [7, 11) is 3.68. The molecule has 0 fully saturated rings. The molecule has 0 aromatic carbocycles. The zero-order valence-corrected chi connectivity index (χ0v) is 5.22. The van der Waals surface area contributed by atoms with E-state index in [-0.39, 0.29) is 0 Å². The topological polar surface area (TPSA) is 12.2 Å². The highest BCUT2D eigenvalue weighted by molar-refractivity contribution is 5.84. The molecule has 0 aromatic rings. The highest BCUT2D eigenvalue weighted by Crippen LogP contribution is 1.90. The molecular formula is C6H10NO+. The highest BCUT2D eigenvalue weighted by Gasteiger charge is 2.10. The van der Waals surface area contributed by atoms with Crippen molar-refractivity contribution >= 4 is 5.90 Å². The summed E-state index contributed by atoms with van der Waals surface area (Å²) in [6, 6.07) is 0. The Labute approximate surface area is 49.1 Å². The van der Waals surface area contributed by atoms with Gasteiger partial charge in [0.1, 0.15) is 7.05 Å². The van der Waals surface area contributed by atoms with Crippen molar-refractivity contribution < 1.29 is 9.31 Å². The Morgan fingerprint density at radius 1 is 1.75 bits per heavy atom. The Balaban J connectivity index is 2.70. The molecule has 0 amide bonds. The van der Waals surface area contributed by atoms with Crippen LogP contribution in [0.15, 0.2) is 12.2 Å². The molecule has 2 nitrogen and oxygen atoms in total. The van der Waals surface area contributed by atoms with Crippen LogP contribution >= 0.6 is 0 Å². The third kappa shape index (κ3) is 0.735. The summed E-state index contributed by atoms with van der Waals surface area (Å²) >= 11 is 0. The van der Waals surface area contributed by atoms with Crippen LogP contribution in [0.25, 0.3) is 0 Å². The maximum absolute atomic E-state index is 4.98. The first-order valence-electron chi connectivity index (χ1n) is 2.63. The van der Waals surface area contributed by atoms with Crippen LogP contribution in [0.1, 0.15) is 0 Å². The summed E-state index contributed by atoms with van der Waals surface area (Å²) in [5.74, 6) is 0.949. The summed E-state index contributed by atoms with van der Waals surface area (Å²) in [6.45, 7) is 0.975. The fourth-order valence-corrected chi connectivity index (χ4v) is 0.753. The molecule has 0 bridgehead atoms. The van der Waals surface area contributed by atoms with Gasteiger partial charge in [0.25, 0.3) is 0 Å². The molecule has 1 heterocycles. The van der Waals surface area contributed by atoms with Crippen LogP contribution in [0, 0.1) is 0 Å². The van der Waals surface area contributed by atoms with Crippen LogP contribution in [0.5, 0.6) is 0 Å². The van der Waals surface area contributed by atoms with E-state index in [2.05, 4.69) is 6.08 Å². The molecule has 44 valence electrons. The molecule has 0 saturated heterocycles. The fraction of sp³-hybridized carbons (Fsp3) is 0.500. The highest BCUT2D eigenvalue weighted by atomic mass is 16.5. The molecule has 0 radical (unpaired) electrons. The zero-order chi connectivity index (χ0) is 5.98. The van der Waals surface area contributed by atoms with Crippen LogP contribution < -0.4 is 0 Å². The lowest BCUT2D eigenvalue weighted by atomic mass is 10.6. The monoisotopic (exact) mass is 112 g/mol. The maximum Gasteiger partial charge on any atom is 0.362 e. The van der Waals surface area contributed by atoms with Crippen molar-refractivity contribution in [2.24, 2.45) is 0 Å². The van der Waals surface area contributed by atoms with Gasteiger partial charge in [-0.1, -0.05) is 0 Å². The van der Waals surface area contributed by atoms with Crippen molar-refractivity contribution in [1.29, 1.82) is 0 Å². The van der Waals surface area contributed by atoms with Gasteiger partial charge in [0.05, 0.1) is 13.2 Å². The van der Waals surface area contributed by atoms with Gasteiger partial charge in [0, 0.05) is 0 Å². The Morgan fingerprint density at radius 3 is 2.75 bits per heavy atom. The predicted molar refractivity (Wildman–Crippen MR) is 32.2 cm³/mol. The normalized spacial score (nSPS) is 17.8. The lowest BCUT2D eigenvalue weighted by molar-refractivity contribution is -0.490. The largest absolute Gasteiger partial charge is 0.448 e. The first kappa shape index (κ1) is 5.35. The molecule has 2 heteroatoms. The van der Waals surface area contributed by atoms with Gasteiger partial charge in [-0.25, -0.2) is 0 Å². The minimum absolute atomic E-state index is 0.949. The van der Waals surface area contributed by atoms with Crippen molar-refractivity contribution in [3.05, 3.63) is 12.2 Å². The van der Waals surface area contributed by atoms with E-state index in [1.54, 1.807) is 7.11 Å². The van der Waals surface area contributed by atoms with Crippen LogP contribution in [0.4, 0.5) is 0 Å². The minimum atomic E-state index is 0.949. The number of methoxy groups -OCH3 is 1. The van der Waals surface area contributed by atoms with Crippen LogP contribution in [0.2, 0.25) is 0 Å². The number of ether oxygens (including phenoxy) is 1. The summed E-state index contributed by atoms with van der Waals surface area (Å²) in [6.07, 6.45) is 4.04. The molecule has 0 aliphatic carbocycles. The van der Waals surface area contributed by atoms with Gasteiger partial charge < -0.3 is 4.74 Å². The van der Waals surface area contributed by atoms with E-state index in [1.807, 2.05) is 17.7 Å². The van der Waals surface area contributed by atoms with Crippen molar-refractivity contribution in [3.63, 3.8) is 0 Å². The van der Waals surface area contributed by atoms with Crippen LogP contribution in [-0.4, -0.2) is 31.2 Å². The van der Waals surface area contributed by atoms with Crippen molar-refractivity contribution in [3.8, 4) is 0 Å². The van der Waals surface area contributed by atoms with E-state index in [0.29, 0.717) is 0 Å². The van der Waals surface area contributed by atoms with Gasteiger partial charge >= 0.3 is 5.90 Å². The predicted octanol–water partition coefficient (Wildman–Crippen LogP) is 0.243. The molecule has 0 spiro atoms. The van der Waals surface area contributed by atoms with Gasteiger partial charge in [-0.2, -0.15) is 4.58 Å². The van der Waals surface area contributed by atoms with Crippen molar-refractivity contribution in [2.45, 2.75) is 0 Å². The molecular weight excluding hydrogens is 102 g/mol. The van der Waals surface area contributed by atoms with Crippen molar-refractivity contribution in [2.75, 3.05) is 20.7 Å². The first-order valence-corrected chi connectivity index (χ1v) is 2.63. The van der Waals surface area contributed by atoms with Crippen molar-refractivity contribution in [1.82, 2.24) is 0 Å². The lowest BCUT2D eigenvalue weighted by Crippen LogP contribution is -2.11. The van der Waals surface area contributed by atoms with E-state index in [9.17, 15) is 0 Å². The van der Waals surface area contributed by atoms with Gasteiger partial charge in [-0.3, -0.25) is 0 Å². The molecule has 0 saturated carbocycles. The Hall–Kier alpha value is -0.790. The second-order valence-electron chi connectivity index (χ2n) is 1.83. The zero-order valence-electron chi connectivity index (χ0n) is 5.22. The standard InChI is InChI=1S/C6H10NO/c1-7-5-3-4-6(7)8-2/h3-4H,5H2,1-2H3/q+1. The number of nitrogens with zero attached hydrogens (tertiary/aromatic N) is 1. The summed E-state index contributed by atoms with van der Waals surface area (Å²) in [5, 5.41) is 0. The number of hydrogen-bond donors (Lipinski definition) is 0. The second-order valence-corrected chi connectivity index (χ2v) is 1.83. The SMILES string of the molecule is COC1=[N+](C)CC=C1. The molecule has 1 aliphatic rings. The van der Waals surface area contributed by atoms with Crippen LogP contribution in [0.3, 0.4) is 0 Å². The van der Waals surface area contributed by atoms with E-state index in [1.165, 1.54) is 0 Å². The summed E-state index contributed by atoms with van der Waals surface area (Å²) < 4.78 is 7.02. The molecule has 0 N–H and O–H groups in total. The summed E-state index contributed by atoms with van der Waals surface area (Å²) in [5.41, 5.74) is 0. The Morgan fingerprint density at radius 2 is 2.50 bits per heavy atom. The number of likely N-dealkylation sites (N-methyl/N-ethyl adjacent to an activating group) is 1. The van der Waals surface area contributed by atoms with E-state index < -0.39 is 0 Å². The smallest absolute Gasteiger partial charge is 0.362 e. The Kier molecular flexibility index (Phi) is 1.33. The van der Waals surface area contributed by atoms with E-state index in [0.717, 1.165) is 12.4 Å². The van der Waals surface area contributed by atoms with Gasteiger partial charge in [0.15, 0.2) is 6.54 Å². The number of rotatable bonds is 0. The third-order valence-electron chi connectivity index (χ3n) is 1.23. The maximum atomic E-state index is 4.98. The third-order valence-corrected chi connectivity index (χ3v) is 1.23. The first-order chi connectivity index (χ1) is 3.84. The summed E-state index contributed by atoms with van der Waals surface area (Å²) in [4.78, 5) is 0. The quantitative estimate of drug-likeness (QED) is 0.409. The van der Waals surface area contributed by atoms with E-state index in [4.69, 9.17) is 4.74 Å². The second kappa shape index (κ2) is 1.99. The minimum Gasteiger partial charge on any atom is -0.448 e. The molecule has 8 heavy (non-hydrogen) atoms. The molecule has 1 aliphatic heterocycles. The van der Waals surface area contributed by atoms with Gasteiger partial charge in [-0.05, 0) is 6.08 Å². The Bertz CT molecular complexity index is 147. The lowest BCUT2D eigenvalue weighted by Gasteiger charge is -1.90. The van der Waals surface area contributed by atoms with E-state index >= 15 is 0 Å². The molecule has 1 rings (SSSR count). The van der Waals surface area contributed by atoms with Crippen LogP contribution in [-0.2, 0) is 4.74 Å². The average Bonchev–Trinajstić information content (AvgIpc) is 2.14. The average molecular weight is 112 g/mol. The molecule has 0 aromatic heterocycles. The molecule has 0 atom stereocenters. The number of hydrogen-bond acceptors (Lipinski definition) is 1. The van der Waals surface area contributed by atoms with Gasteiger partial charge in [0.2, 0.25) is 0 Å². The fourth-order valence-electron chi connectivity index (χ4n) is 0.753. The molecule has 0 unspecified atom stereocenters.